The van der Waals surface area contributed by atoms with Crippen molar-refractivity contribution in [1.82, 2.24) is 0 Å². The fourth-order valence-electron chi connectivity index (χ4n) is 3.05. The summed E-state index contributed by atoms with van der Waals surface area (Å²) in [6, 6.07) is 13.8. The Labute approximate surface area is 146 Å². The van der Waals surface area contributed by atoms with Crippen LogP contribution in [0, 0.1) is 0 Å². The zero-order valence-corrected chi connectivity index (χ0v) is 13.9. The summed E-state index contributed by atoms with van der Waals surface area (Å²) in [5.41, 5.74) is 1.52. The molecule has 2 N–H and O–H groups in total. The topological polar surface area (TPSA) is 75.6 Å². The summed E-state index contributed by atoms with van der Waals surface area (Å²) >= 11 is 0. The lowest BCUT2D eigenvalue weighted by Gasteiger charge is -2.14. The Kier molecular flexibility index (Phi) is 5.33. The highest BCUT2D eigenvalue weighted by Gasteiger charge is 2.16. The van der Waals surface area contributed by atoms with Crippen molar-refractivity contribution in [3.63, 3.8) is 0 Å². The average molecular weight is 339 g/mol. The Morgan fingerprint density at radius 2 is 1.84 bits per heavy atom. The lowest BCUT2D eigenvalue weighted by molar-refractivity contribution is -0.115. The van der Waals surface area contributed by atoms with Crippen molar-refractivity contribution >= 4 is 17.6 Å². The van der Waals surface area contributed by atoms with Crippen molar-refractivity contribution in [3.05, 3.63) is 59.7 Å². The standard InChI is InChI=1S/C20H21NO4/c22-19(12-14-5-3-6-15(11-14)20(23)24)21-16-7-4-10-18(13-16)25-17-8-1-2-9-17/h3-7,10-11,13,17H,1-2,8-9,12H2,(H,21,22)(H,23,24). The van der Waals surface area contributed by atoms with Gasteiger partial charge in [0.15, 0.2) is 0 Å². The van der Waals surface area contributed by atoms with Gasteiger partial charge in [-0.05, 0) is 55.5 Å². The van der Waals surface area contributed by atoms with E-state index < -0.39 is 5.97 Å². The first kappa shape index (κ1) is 17.0. The molecule has 25 heavy (non-hydrogen) atoms. The van der Waals surface area contributed by atoms with Gasteiger partial charge in [0.1, 0.15) is 5.75 Å². The molecular weight excluding hydrogens is 318 g/mol. The van der Waals surface area contributed by atoms with Gasteiger partial charge in [0.05, 0.1) is 18.1 Å². The molecular formula is C20H21NO4. The molecule has 1 amide bonds. The second-order valence-corrected chi connectivity index (χ2v) is 6.28. The van der Waals surface area contributed by atoms with Crippen LogP contribution in [0.3, 0.4) is 0 Å². The molecule has 2 aromatic carbocycles. The molecule has 0 spiro atoms. The number of aromatic carboxylic acids is 1. The Morgan fingerprint density at radius 1 is 1.08 bits per heavy atom. The summed E-state index contributed by atoms with van der Waals surface area (Å²) in [4.78, 5) is 23.2. The smallest absolute Gasteiger partial charge is 0.335 e. The molecule has 0 atom stereocenters. The molecule has 0 heterocycles. The molecule has 0 aromatic heterocycles. The van der Waals surface area contributed by atoms with Crippen molar-refractivity contribution in [2.24, 2.45) is 0 Å². The monoisotopic (exact) mass is 339 g/mol. The van der Waals surface area contributed by atoms with Crippen molar-refractivity contribution in [1.29, 1.82) is 0 Å². The fourth-order valence-corrected chi connectivity index (χ4v) is 3.05. The van der Waals surface area contributed by atoms with E-state index >= 15 is 0 Å². The van der Waals surface area contributed by atoms with E-state index in [2.05, 4.69) is 5.32 Å². The summed E-state index contributed by atoms with van der Waals surface area (Å²) in [5.74, 6) is -0.433. The number of amides is 1. The number of nitrogens with one attached hydrogen (secondary N) is 1. The van der Waals surface area contributed by atoms with Crippen LogP contribution in [0.4, 0.5) is 5.69 Å². The van der Waals surface area contributed by atoms with Gasteiger partial charge in [0.25, 0.3) is 0 Å². The number of anilines is 1. The maximum absolute atomic E-state index is 12.2. The number of carboxylic acids is 1. The minimum absolute atomic E-state index is 0.120. The number of carboxylic acid groups (broad SMARTS) is 1. The summed E-state index contributed by atoms with van der Waals surface area (Å²) < 4.78 is 5.94. The van der Waals surface area contributed by atoms with Crippen LogP contribution in [-0.4, -0.2) is 23.1 Å². The van der Waals surface area contributed by atoms with E-state index in [1.165, 1.54) is 25.0 Å². The van der Waals surface area contributed by atoms with Gasteiger partial charge in [0.2, 0.25) is 5.91 Å². The number of rotatable bonds is 6. The van der Waals surface area contributed by atoms with E-state index in [0.717, 1.165) is 18.6 Å². The van der Waals surface area contributed by atoms with Gasteiger partial charge in [-0.15, -0.1) is 0 Å². The van der Waals surface area contributed by atoms with E-state index in [4.69, 9.17) is 9.84 Å². The Morgan fingerprint density at radius 3 is 2.60 bits per heavy atom. The molecule has 1 saturated carbocycles. The summed E-state index contributed by atoms with van der Waals surface area (Å²) in [5, 5.41) is 11.8. The average Bonchev–Trinajstić information content (AvgIpc) is 3.08. The molecule has 1 aliphatic carbocycles. The Bertz CT molecular complexity index is 766. The van der Waals surface area contributed by atoms with Gasteiger partial charge >= 0.3 is 5.97 Å². The Hall–Kier alpha value is -2.82. The maximum Gasteiger partial charge on any atom is 0.335 e. The van der Waals surface area contributed by atoms with Gasteiger partial charge in [-0.3, -0.25) is 4.79 Å². The second-order valence-electron chi connectivity index (χ2n) is 6.28. The van der Waals surface area contributed by atoms with Crippen LogP contribution in [0.15, 0.2) is 48.5 Å². The number of hydrogen-bond acceptors (Lipinski definition) is 3. The maximum atomic E-state index is 12.2. The molecule has 5 heteroatoms. The van der Waals surface area contributed by atoms with Gasteiger partial charge < -0.3 is 15.2 Å². The van der Waals surface area contributed by atoms with Gasteiger partial charge in [-0.1, -0.05) is 18.2 Å². The van der Waals surface area contributed by atoms with Crippen LogP contribution >= 0.6 is 0 Å². The van der Waals surface area contributed by atoms with Crippen molar-refractivity contribution < 1.29 is 19.4 Å². The zero-order chi connectivity index (χ0) is 17.6. The molecule has 0 aliphatic heterocycles. The van der Waals surface area contributed by atoms with Crippen LogP contribution in [-0.2, 0) is 11.2 Å². The van der Waals surface area contributed by atoms with Crippen LogP contribution in [0.2, 0.25) is 0 Å². The molecule has 2 aromatic rings. The van der Waals surface area contributed by atoms with E-state index in [9.17, 15) is 9.59 Å². The summed E-state index contributed by atoms with van der Waals surface area (Å²) in [7, 11) is 0. The van der Waals surface area contributed by atoms with Crippen molar-refractivity contribution in [2.45, 2.75) is 38.2 Å². The predicted molar refractivity (Wildman–Crippen MR) is 95.1 cm³/mol. The minimum Gasteiger partial charge on any atom is -0.490 e. The molecule has 0 saturated heterocycles. The molecule has 0 radical (unpaired) electrons. The van der Waals surface area contributed by atoms with Gasteiger partial charge in [-0.2, -0.15) is 0 Å². The van der Waals surface area contributed by atoms with Crippen LogP contribution < -0.4 is 10.1 Å². The highest BCUT2D eigenvalue weighted by atomic mass is 16.5. The largest absolute Gasteiger partial charge is 0.490 e. The summed E-state index contributed by atoms with van der Waals surface area (Å²) in [6.45, 7) is 0. The van der Waals surface area contributed by atoms with E-state index in [1.54, 1.807) is 12.1 Å². The van der Waals surface area contributed by atoms with Crippen LogP contribution in [0.1, 0.15) is 41.6 Å². The molecule has 5 nitrogen and oxygen atoms in total. The van der Waals surface area contributed by atoms with E-state index in [0.29, 0.717) is 11.3 Å². The predicted octanol–water partition coefficient (Wildman–Crippen LogP) is 3.89. The molecule has 1 fully saturated rings. The number of carbonyl (C=O) groups is 2. The highest BCUT2D eigenvalue weighted by molar-refractivity contribution is 5.93. The molecule has 130 valence electrons. The normalized spacial score (nSPS) is 14.2. The third-order valence-electron chi connectivity index (χ3n) is 4.26. The van der Waals surface area contributed by atoms with E-state index in [-0.39, 0.29) is 24.0 Å². The Balaban J connectivity index is 1.60. The van der Waals surface area contributed by atoms with Gasteiger partial charge in [-0.25, -0.2) is 4.79 Å². The number of carbonyl (C=O) groups excluding carboxylic acids is 1. The number of hydrogen-bond donors (Lipinski definition) is 2. The van der Waals surface area contributed by atoms with Crippen molar-refractivity contribution in [2.75, 3.05) is 5.32 Å². The van der Waals surface area contributed by atoms with E-state index in [1.807, 2.05) is 24.3 Å². The lowest BCUT2D eigenvalue weighted by atomic mass is 10.1. The third kappa shape index (κ3) is 4.83. The SMILES string of the molecule is O=C(Cc1cccc(C(=O)O)c1)Nc1cccc(OC2CCCC2)c1. The first-order valence-electron chi connectivity index (χ1n) is 8.49. The number of ether oxygens (including phenoxy) is 1. The highest BCUT2D eigenvalue weighted by Crippen LogP contribution is 2.25. The first-order chi connectivity index (χ1) is 12.1. The lowest BCUT2D eigenvalue weighted by Crippen LogP contribution is -2.15. The van der Waals surface area contributed by atoms with Gasteiger partial charge in [0, 0.05) is 11.8 Å². The second kappa shape index (κ2) is 7.83. The fraction of sp³-hybridized carbons (Fsp3) is 0.300. The third-order valence-corrected chi connectivity index (χ3v) is 4.26. The summed E-state index contributed by atoms with van der Waals surface area (Å²) in [6.07, 6.45) is 4.96. The molecule has 3 rings (SSSR count). The van der Waals surface area contributed by atoms with Crippen LogP contribution in [0.25, 0.3) is 0 Å². The quantitative estimate of drug-likeness (QED) is 0.837. The van der Waals surface area contributed by atoms with Crippen LogP contribution in [0.5, 0.6) is 5.75 Å². The zero-order valence-electron chi connectivity index (χ0n) is 13.9. The number of benzene rings is 2. The minimum atomic E-state index is -1.00. The molecule has 0 bridgehead atoms. The first-order valence-corrected chi connectivity index (χ1v) is 8.49. The molecule has 0 unspecified atom stereocenters. The molecule has 1 aliphatic rings. The van der Waals surface area contributed by atoms with Crippen molar-refractivity contribution in [3.8, 4) is 5.75 Å².